The fraction of sp³-hybridized carbons (Fsp3) is 0.125. The van der Waals surface area contributed by atoms with E-state index in [1.165, 1.54) is 30.5 Å². The quantitative estimate of drug-likeness (QED) is 0.0715. The number of ether oxygens (including phenoxy) is 3. The maximum Gasteiger partial charge on any atom is 0.345 e. The van der Waals surface area contributed by atoms with Gasteiger partial charge < -0.3 is 19.5 Å². The molecule has 44 heavy (non-hydrogen) atoms. The standard InChI is InChI=1S/C32H26BrCl2N3O6/c1-3-42-28-12-8-20(16-29(28)43-4-2)30(39)37-24-7-5-6-19(15-24)31(40)38-36-18-21-14-22(33)9-13-27(21)44-32(41)25-11-10-23(34)17-26(25)35/h5-18H,3-4H2,1-2H3,(H,37,39)(H,38,40). The highest BCUT2D eigenvalue weighted by Gasteiger charge is 2.16. The second kappa shape index (κ2) is 15.4. The lowest BCUT2D eigenvalue weighted by molar-refractivity contribution is 0.0734. The molecule has 0 fully saturated rings. The first-order valence-corrected chi connectivity index (χ1v) is 14.8. The monoisotopic (exact) mass is 697 g/mol. The van der Waals surface area contributed by atoms with E-state index < -0.39 is 11.9 Å². The Hall–Kier alpha value is -4.38. The van der Waals surface area contributed by atoms with Crippen LogP contribution in [0.5, 0.6) is 17.2 Å². The fourth-order valence-electron chi connectivity index (χ4n) is 3.88. The number of nitrogens with zero attached hydrogens (tertiary/aromatic N) is 1. The van der Waals surface area contributed by atoms with Crippen molar-refractivity contribution in [2.24, 2.45) is 5.10 Å². The van der Waals surface area contributed by atoms with Crippen LogP contribution in [0.3, 0.4) is 0 Å². The Morgan fingerprint density at radius 2 is 1.55 bits per heavy atom. The van der Waals surface area contributed by atoms with E-state index in [1.807, 2.05) is 13.8 Å². The van der Waals surface area contributed by atoms with Crippen molar-refractivity contribution in [3.8, 4) is 17.2 Å². The lowest BCUT2D eigenvalue weighted by Crippen LogP contribution is -2.18. The Labute approximate surface area is 272 Å². The first kappa shape index (κ1) is 32.5. The van der Waals surface area contributed by atoms with E-state index in [4.69, 9.17) is 37.4 Å². The summed E-state index contributed by atoms with van der Waals surface area (Å²) in [4.78, 5) is 38.5. The number of nitrogens with one attached hydrogen (secondary N) is 2. The fourth-order valence-corrected chi connectivity index (χ4v) is 4.75. The summed E-state index contributed by atoms with van der Waals surface area (Å²) in [6.45, 7) is 4.58. The third-order valence-corrected chi connectivity index (χ3v) is 6.92. The Kier molecular flexibility index (Phi) is 11.4. The second-order valence-corrected chi connectivity index (χ2v) is 10.7. The number of benzene rings is 4. The third kappa shape index (κ3) is 8.59. The SMILES string of the molecule is CCOc1ccc(C(=O)Nc2cccc(C(=O)NN=Cc3cc(Br)ccc3OC(=O)c3ccc(Cl)cc3Cl)c2)cc1OCC. The van der Waals surface area contributed by atoms with Gasteiger partial charge in [-0.1, -0.05) is 45.2 Å². The summed E-state index contributed by atoms with van der Waals surface area (Å²) < 4.78 is 17.4. The van der Waals surface area contributed by atoms with Crippen molar-refractivity contribution in [2.45, 2.75) is 13.8 Å². The number of rotatable bonds is 11. The molecule has 226 valence electrons. The predicted octanol–water partition coefficient (Wildman–Crippen LogP) is 7.79. The Bertz CT molecular complexity index is 1730. The molecule has 4 aromatic carbocycles. The zero-order valence-electron chi connectivity index (χ0n) is 23.5. The van der Waals surface area contributed by atoms with Crippen LogP contribution < -0.4 is 25.0 Å². The van der Waals surface area contributed by atoms with Crippen LogP contribution in [-0.4, -0.2) is 37.2 Å². The van der Waals surface area contributed by atoms with Gasteiger partial charge >= 0.3 is 5.97 Å². The zero-order valence-corrected chi connectivity index (χ0v) is 26.6. The van der Waals surface area contributed by atoms with E-state index in [0.717, 1.165) is 0 Å². The maximum absolute atomic E-state index is 12.9. The molecular weight excluding hydrogens is 673 g/mol. The van der Waals surface area contributed by atoms with Crippen LogP contribution >= 0.6 is 39.1 Å². The number of carbonyl (C=O) groups is 3. The van der Waals surface area contributed by atoms with Gasteiger partial charge in [0.1, 0.15) is 5.75 Å². The van der Waals surface area contributed by atoms with Crippen LogP contribution in [0.4, 0.5) is 5.69 Å². The minimum atomic E-state index is -0.689. The van der Waals surface area contributed by atoms with Crippen molar-refractivity contribution >= 4 is 68.8 Å². The van der Waals surface area contributed by atoms with Crippen molar-refractivity contribution in [3.63, 3.8) is 0 Å². The van der Waals surface area contributed by atoms with Crippen molar-refractivity contribution in [1.29, 1.82) is 0 Å². The molecule has 4 rings (SSSR count). The van der Waals surface area contributed by atoms with E-state index in [1.54, 1.807) is 54.6 Å². The molecule has 0 aliphatic heterocycles. The van der Waals surface area contributed by atoms with Crippen LogP contribution in [0.25, 0.3) is 0 Å². The average Bonchev–Trinajstić information content (AvgIpc) is 2.99. The number of amides is 2. The average molecular weight is 699 g/mol. The number of hydrogen-bond acceptors (Lipinski definition) is 7. The molecule has 0 unspecified atom stereocenters. The summed E-state index contributed by atoms with van der Waals surface area (Å²) in [5, 5.41) is 7.34. The molecule has 9 nitrogen and oxygen atoms in total. The van der Waals surface area contributed by atoms with Crippen LogP contribution in [-0.2, 0) is 0 Å². The molecular formula is C32H26BrCl2N3O6. The number of hydrogen-bond donors (Lipinski definition) is 2. The molecule has 2 amide bonds. The summed E-state index contributed by atoms with van der Waals surface area (Å²) >= 11 is 15.4. The van der Waals surface area contributed by atoms with Crippen molar-refractivity contribution in [2.75, 3.05) is 18.5 Å². The molecule has 0 spiro atoms. The van der Waals surface area contributed by atoms with E-state index in [9.17, 15) is 14.4 Å². The van der Waals surface area contributed by atoms with Gasteiger partial charge in [0.2, 0.25) is 0 Å². The molecule has 0 bridgehead atoms. The van der Waals surface area contributed by atoms with Gasteiger partial charge in [0.05, 0.1) is 30.0 Å². The molecule has 0 aliphatic rings. The number of esters is 1. The molecule has 0 atom stereocenters. The number of halogens is 3. The Morgan fingerprint density at radius 1 is 0.818 bits per heavy atom. The van der Waals surface area contributed by atoms with Gasteiger partial charge in [-0.25, -0.2) is 10.2 Å². The minimum absolute atomic E-state index is 0.138. The maximum atomic E-state index is 12.9. The van der Waals surface area contributed by atoms with Gasteiger partial charge in [-0.2, -0.15) is 5.10 Å². The van der Waals surface area contributed by atoms with Crippen molar-refractivity contribution in [1.82, 2.24) is 5.43 Å². The molecule has 4 aromatic rings. The second-order valence-electron chi connectivity index (χ2n) is 8.96. The smallest absolute Gasteiger partial charge is 0.345 e. The Morgan fingerprint density at radius 3 is 2.30 bits per heavy atom. The number of carbonyl (C=O) groups excluding carboxylic acids is 3. The van der Waals surface area contributed by atoms with Crippen LogP contribution in [0.15, 0.2) is 88.4 Å². The molecule has 12 heteroatoms. The zero-order chi connectivity index (χ0) is 31.6. The predicted molar refractivity (Wildman–Crippen MR) is 174 cm³/mol. The van der Waals surface area contributed by atoms with Crippen LogP contribution in [0.1, 0.15) is 50.5 Å². The van der Waals surface area contributed by atoms with E-state index in [0.29, 0.717) is 51.0 Å². The van der Waals surface area contributed by atoms with Crippen molar-refractivity contribution < 1.29 is 28.6 Å². The van der Waals surface area contributed by atoms with E-state index in [-0.39, 0.29) is 27.8 Å². The van der Waals surface area contributed by atoms with E-state index >= 15 is 0 Å². The lowest BCUT2D eigenvalue weighted by Gasteiger charge is -2.13. The summed E-state index contributed by atoms with van der Waals surface area (Å²) in [5.41, 5.74) is 4.00. The molecule has 0 saturated carbocycles. The molecule has 0 radical (unpaired) electrons. The van der Waals surface area contributed by atoms with Gasteiger partial charge in [0, 0.05) is 31.9 Å². The van der Waals surface area contributed by atoms with Gasteiger partial charge in [-0.3, -0.25) is 9.59 Å². The van der Waals surface area contributed by atoms with Gasteiger partial charge in [-0.15, -0.1) is 0 Å². The molecule has 0 heterocycles. The third-order valence-electron chi connectivity index (χ3n) is 5.88. The number of hydrazone groups is 1. The van der Waals surface area contributed by atoms with Crippen LogP contribution in [0, 0.1) is 0 Å². The first-order valence-electron chi connectivity index (χ1n) is 13.3. The number of anilines is 1. The lowest BCUT2D eigenvalue weighted by atomic mass is 10.1. The topological polar surface area (TPSA) is 115 Å². The molecule has 0 saturated heterocycles. The molecule has 2 N–H and O–H groups in total. The normalized spacial score (nSPS) is 10.8. The highest BCUT2D eigenvalue weighted by Crippen LogP contribution is 2.29. The minimum Gasteiger partial charge on any atom is -0.490 e. The molecule has 0 aliphatic carbocycles. The summed E-state index contributed by atoms with van der Waals surface area (Å²) in [6.07, 6.45) is 1.34. The van der Waals surface area contributed by atoms with Gasteiger partial charge in [0.15, 0.2) is 11.5 Å². The molecule has 0 aromatic heterocycles. The first-order chi connectivity index (χ1) is 21.2. The Balaban J connectivity index is 1.43. The van der Waals surface area contributed by atoms with E-state index in [2.05, 4.69) is 31.8 Å². The van der Waals surface area contributed by atoms with Crippen molar-refractivity contribution in [3.05, 3.63) is 116 Å². The van der Waals surface area contributed by atoms with Crippen LogP contribution in [0.2, 0.25) is 10.0 Å². The highest BCUT2D eigenvalue weighted by atomic mass is 79.9. The largest absolute Gasteiger partial charge is 0.490 e. The summed E-state index contributed by atoms with van der Waals surface area (Å²) in [7, 11) is 0. The van der Waals surface area contributed by atoms with Gasteiger partial charge in [0.25, 0.3) is 11.8 Å². The summed E-state index contributed by atoms with van der Waals surface area (Å²) in [5.74, 6) is -0.409. The highest BCUT2D eigenvalue weighted by molar-refractivity contribution is 9.10. The summed E-state index contributed by atoms with van der Waals surface area (Å²) in [6, 6.07) is 20.7. The van der Waals surface area contributed by atoms with Gasteiger partial charge in [-0.05, 0) is 86.6 Å².